The fraction of sp³-hybridized carbons (Fsp3) is 0.923. The Hall–Kier alpha value is -0.650. The minimum Gasteiger partial charge on any atom is -0.480 e. The molecule has 1 fully saturated rings. The number of carbonyl (C=O) groups is 1. The zero-order valence-corrected chi connectivity index (χ0v) is 11.7. The van der Waals surface area contributed by atoms with Gasteiger partial charge in [0.25, 0.3) is 0 Å². The first kappa shape index (κ1) is 15.4. The van der Waals surface area contributed by atoms with E-state index < -0.39 is 11.5 Å². The Labute approximate surface area is 109 Å². The molecule has 1 aliphatic carbocycles. The maximum Gasteiger partial charge on any atom is 0.323 e. The molecule has 0 aromatic carbocycles. The van der Waals surface area contributed by atoms with Crippen LogP contribution < -0.4 is 5.73 Å². The third kappa shape index (κ3) is 4.23. The molecule has 0 aromatic rings. The topological polar surface area (TPSA) is 75.8 Å². The van der Waals surface area contributed by atoms with Crippen LogP contribution >= 0.6 is 0 Å². The smallest absolute Gasteiger partial charge is 0.323 e. The first-order valence-corrected chi connectivity index (χ1v) is 6.69. The van der Waals surface area contributed by atoms with Crippen LogP contribution in [0.3, 0.4) is 0 Å². The number of likely N-dealkylation sites (N-methyl/N-ethyl adjacent to an activating group) is 1. The Morgan fingerprint density at radius 3 is 2.83 bits per heavy atom. The number of carboxylic acids is 1. The lowest BCUT2D eigenvalue weighted by atomic mass is 9.79. The second-order valence-corrected chi connectivity index (χ2v) is 5.61. The van der Waals surface area contributed by atoms with Crippen molar-refractivity contribution in [2.75, 3.05) is 20.2 Å². The van der Waals surface area contributed by atoms with Crippen molar-refractivity contribution in [2.24, 2.45) is 5.73 Å². The van der Waals surface area contributed by atoms with Gasteiger partial charge in [-0.15, -0.1) is 0 Å². The average Bonchev–Trinajstić information content (AvgIpc) is 2.28. The number of nitrogens with zero attached hydrogens (tertiary/aromatic N) is 1. The monoisotopic (exact) mass is 258 g/mol. The van der Waals surface area contributed by atoms with Gasteiger partial charge in [-0.1, -0.05) is 0 Å². The van der Waals surface area contributed by atoms with E-state index in [1.54, 1.807) is 0 Å². The van der Waals surface area contributed by atoms with Crippen molar-refractivity contribution in [2.45, 2.75) is 57.2 Å². The van der Waals surface area contributed by atoms with Crippen LogP contribution in [0.2, 0.25) is 0 Å². The van der Waals surface area contributed by atoms with E-state index in [9.17, 15) is 9.90 Å². The fourth-order valence-electron chi connectivity index (χ4n) is 2.46. The summed E-state index contributed by atoms with van der Waals surface area (Å²) < 4.78 is 5.51. The standard InChI is InChI=1S/C13H26N2O3/c1-10(2)18-8-7-15(3)11-5-4-6-13(14,9-11)12(16)17/h10-11H,4-9,14H2,1-3H3,(H,16,17). The van der Waals surface area contributed by atoms with Gasteiger partial charge in [0.1, 0.15) is 5.54 Å². The summed E-state index contributed by atoms with van der Waals surface area (Å²) in [6, 6.07) is 0.246. The Morgan fingerprint density at radius 1 is 1.61 bits per heavy atom. The first-order chi connectivity index (χ1) is 8.35. The van der Waals surface area contributed by atoms with Gasteiger partial charge < -0.3 is 20.5 Å². The van der Waals surface area contributed by atoms with Crippen LogP contribution in [-0.4, -0.2) is 53.9 Å². The van der Waals surface area contributed by atoms with Crippen molar-refractivity contribution < 1.29 is 14.6 Å². The molecule has 0 saturated heterocycles. The van der Waals surface area contributed by atoms with Gasteiger partial charge in [-0.3, -0.25) is 4.79 Å². The molecule has 5 nitrogen and oxygen atoms in total. The third-order valence-corrected chi connectivity index (χ3v) is 3.70. The SMILES string of the molecule is CC(C)OCCN(C)C1CCCC(N)(C(=O)O)C1. The molecule has 0 heterocycles. The molecule has 0 bridgehead atoms. The molecule has 18 heavy (non-hydrogen) atoms. The second kappa shape index (κ2) is 6.50. The van der Waals surface area contributed by atoms with Crippen molar-refractivity contribution in [3.63, 3.8) is 0 Å². The van der Waals surface area contributed by atoms with Crippen molar-refractivity contribution in [1.29, 1.82) is 0 Å². The summed E-state index contributed by atoms with van der Waals surface area (Å²) in [7, 11) is 2.02. The highest BCUT2D eigenvalue weighted by atomic mass is 16.5. The Kier molecular flexibility index (Phi) is 5.56. The van der Waals surface area contributed by atoms with Crippen molar-refractivity contribution in [1.82, 2.24) is 4.90 Å². The number of rotatable bonds is 6. The lowest BCUT2D eigenvalue weighted by Crippen LogP contribution is -2.55. The quantitative estimate of drug-likeness (QED) is 0.745. The van der Waals surface area contributed by atoms with Gasteiger partial charge in [0, 0.05) is 12.6 Å². The molecule has 5 heteroatoms. The normalized spacial score (nSPS) is 28.9. The lowest BCUT2D eigenvalue weighted by Gasteiger charge is -2.39. The predicted molar refractivity (Wildman–Crippen MR) is 70.5 cm³/mol. The molecule has 0 aliphatic heterocycles. The summed E-state index contributed by atoms with van der Waals surface area (Å²) in [4.78, 5) is 13.4. The number of carboxylic acid groups (broad SMARTS) is 1. The molecule has 2 unspecified atom stereocenters. The summed E-state index contributed by atoms with van der Waals surface area (Å²) in [5.74, 6) is -0.876. The molecule has 1 saturated carbocycles. The maximum atomic E-state index is 11.2. The van der Waals surface area contributed by atoms with Crippen LogP contribution in [0.25, 0.3) is 0 Å². The molecule has 1 rings (SSSR count). The van der Waals surface area contributed by atoms with E-state index in [1.807, 2.05) is 20.9 Å². The molecule has 106 valence electrons. The molecule has 2 atom stereocenters. The molecule has 3 N–H and O–H groups in total. The van der Waals surface area contributed by atoms with Crippen LogP contribution in [0.15, 0.2) is 0 Å². The van der Waals surface area contributed by atoms with E-state index >= 15 is 0 Å². The number of aliphatic carboxylic acids is 1. The van der Waals surface area contributed by atoms with Crippen LogP contribution in [0.1, 0.15) is 39.5 Å². The summed E-state index contributed by atoms with van der Waals surface area (Å²) in [6.45, 7) is 5.51. The van der Waals surface area contributed by atoms with Gasteiger partial charge >= 0.3 is 5.97 Å². The van der Waals surface area contributed by atoms with Gasteiger partial charge in [0.15, 0.2) is 0 Å². The van der Waals surface area contributed by atoms with E-state index in [4.69, 9.17) is 10.5 Å². The Balaban J connectivity index is 2.43. The first-order valence-electron chi connectivity index (χ1n) is 6.69. The molecule has 0 spiro atoms. The van der Waals surface area contributed by atoms with Crippen LogP contribution in [0.4, 0.5) is 0 Å². The zero-order chi connectivity index (χ0) is 13.8. The zero-order valence-electron chi connectivity index (χ0n) is 11.7. The maximum absolute atomic E-state index is 11.2. The fourth-order valence-corrected chi connectivity index (χ4v) is 2.46. The number of ether oxygens (including phenoxy) is 1. The highest BCUT2D eigenvalue weighted by Crippen LogP contribution is 2.29. The number of hydrogen-bond acceptors (Lipinski definition) is 4. The van der Waals surface area contributed by atoms with Crippen molar-refractivity contribution in [3.8, 4) is 0 Å². The highest BCUT2D eigenvalue weighted by Gasteiger charge is 2.40. The van der Waals surface area contributed by atoms with E-state index in [2.05, 4.69) is 4.90 Å². The van der Waals surface area contributed by atoms with Gasteiger partial charge in [-0.2, -0.15) is 0 Å². The van der Waals surface area contributed by atoms with E-state index in [1.165, 1.54) is 0 Å². The molecular weight excluding hydrogens is 232 g/mol. The molecule has 0 aromatic heterocycles. The third-order valence-electron chi connectivity index (χ3n) is 3.70. The van der Waals surface area contributed by atoms with E-state index in [0.717, 1.165) is 19.4 Å². The largest absolute Gasteiger partial charge is 0.480 e. The van der Waals surface area contributed by atoms with Crippen LogP contribution in [0.5, 0.6) is 0 Å². The van der Waals surface area contributed by atoms with Crippen molar-refractivity contribution >= 4 is 5.97 Å². The molecule has 0 amide bonds. The number of hydrogen-bond donors (Lipinski definition) is 2. The summed E-state index contributed by atoms with van der Waals surface area (Å²) in [6.07, 6.45) is 3.24. The average molecular weight is 258 g/mol. The second-order valence-electron chi connectivity index (χ2n) is 5.61. The number of nitrogens with two attached hydrogens (primary N) is 1. The molecular formula is C13H26N2O3. The predicted octanol–water partition coefficient (Wildman–Crippen LogP) is 1.07. The highest BCUT2D eigenvalue weighted by molar-refractivity contribution is 5.78. The minimum absolute atomic E-state index is 0.234. The van der Waals surface area contributed by atoms with Gasteiger partial charge in [-0.05, 0) is 46.6 Å². The van der Waals surface area contributed by atoms with Gasteiger partial charge in [0.05, 0.1) is 12.7 Å². The van der Waals surface area contributed by atoms with Crippen LogP contribution in [-0.2, 0) is 9.53 Å². The van der Waals surface area contributed by atoms with E-state index in [0.29, 0.717) is 19.4 Å². The summed E-state index contributed by atoms with van der Waals surface area (Å²) in [5.41, 5.74) is 4.90. The Bertz CT molecular complexity index is 283. The minimum atomic E-state index is -1.05. The van der Waals surface area contributed by atoms with Gasteiger partial charge in [-0.25, -0.2) is 0 Å². The Morgan fingerprint density at radius 2 is 2.28 bits per heavy atom. The lowest BCUT2D eigenvalue weighted by molar-refractivity contribution is -0.145. The van der Waals surface area contributed by atoms with E-state index in [-0.39, 0.29) is 12.1 Å². The van der Waals surface area contributed by atoms with Crippen molar-refractivity contribution in [3.05, 3.63) is 0 Å². The van der Waals surface area contributed by atoms with Crippen LogP contribution in [0, 0.1) is 0 Å². The van der Waals surface area contributed by atoms with Gasteiger partial charge in [0.2, 0.25) is 0 Å². The summed E-state index contributed by atoms with van der Waals surface area (Å²) >= 11 is 0. The molecule has 1 aliphatic rings. The summed E-state index contributed by atoms with van der Waals surface area (Å²) in [5, 5.41) is 9.18. The molecule has 0 radical (unpaired) electrons.